The number of nitrogens with zero attached hydrogens (tertiary/aromatic N) is 1. The average Bonchev–Trinajstić information content (AvgIpc) is 2.29. The van der Waals surface area contributed by atoms with Gasteiger partial charge in [0.05, 0.1) is 0 Å². The predicted molar refractivity (Wildman–Crippen MR) is 69.9 cm³/mol. The maximum atomic E-state index is 11.7. The highest BCUT2D eigenvalue weighted by Gasteiger charge is 2.22. The Labute approximate surface area is 105 Å². The Bertz CT molecular complexity index is 205. The first kappa shape index (κ1) is 15.7. The molecule has 1 aliphatic rings. The van der Waals surface area contributed by atoms with Crippen LogP contribution in [0.5, 0.6) is 0 Å². The van der Waals surface area contributed by atoms with Crippen LogP contribution in [0.3, 0.4) is 0 Å². The van der Waals surface area contributed by atoms with Crippen molar-refractivity contribution in [1.29, 1.82) is 0 Å². The number of hydrogen-bond acceptors (Lipinski definition) is 2. The number of amides is 1. The van der Waals surface area contributed by atoms with Crippen LogP contribution < -0.4 is 5.32 Å². The molecule has 1 rings (SSSR count). The molecule has 0 aromatic rings. The fourth-order valence-electron chi connectivity index (χ4n) is 2.19. The van der Waals surface area contributed by atoms with Crippen molar-refractivity contribution >= 4 is 18.3 Å². The van der Waals surface area contributed by atoms with Gasteiger partial charge in [0.25, 0.3) is 0 Å². The normalized spacial score (nSPS) is 18.7. The second kappa shape index (κ2) is 7.91. The van der Waals surface area contributed by atoms with Crippen molar-refractivity contribution in [2.45, 2.75) is 33.1 Å². The Morgan fingerprint density at radius 1 is 1.44 bits per heavy atom. The van der Waals surface area contributed by atoms with E-state index in [4.69, 9.17) is 0 Å². The molecular weight excluding hydrogens is 224 g/mol. The largest absolute Gasteiger partial charge is 0.346 e. The molecule has 1 amide bonds. The van der Waals surface area contributed by atoms with Crippen LogP contribution in [0.1, 0.15) is 33.1 Å². The zero-order valence-electron chi connectivity index (χ0n) is 10.7. The average molecular weight is 249 g/mol. The van der Waals surface area contributed by atoms with E-state index >= 15 is 0 Å². The summed E-state index contributed by atoms with van der Waals surface area (Å²) in [6.45, 7) is 7.29. The molecular formula is C12H25ClN2O. The quantitative estimate of drug-likeness (QED) is 0.825. The standard InChI is InChI=1S/C12H24N2O.ClH/c1-4-14(3)12(15)9-10(2)11-5-7-13-8-6-11;/h10-11,13H,4-9H2,1-3H3;1H. The van der Waals surface area contributed by atoms with Crippen LogP contribution in [0.2, 0.25) is 0 Å². The third-order valence-corrected chi connectivity index (χ3v) is 3.59. The van der Waals surface area contributed by atoms with Crippen molar-refractivity contribution in [1.82, 2.24) is 10.2 Å². The van der Waals surface area contributed by atoms with Gasteiger partial charge in [-0.05, 0) is 44.7 Å². The summed E-state index contributed by atoms with van der Waals surface area (Å²) in [4.78, 5) is 13.6. The number of carbonyl (C=O) groups excluding carboxylic acids is 1. The van der Waals surface area contributed by atoms with Crippen molar-refractivity contribution in [2.75, 3.05) is 26.7 Å². The molecule has 0 saturated carbocycles. The summed E-state index contributed by atoms with van der Waals surface area (Å²) < 4.78 is 0. The molecule has 1 heterocycles. The van der Waals surface area contributed by atoms with E-state index in [1.54, 1.807) is 0 Å². The Kier molecular flexibility index (Phi) is 7.77. The zero-order chi connectivity index (χ0) is 11.3. The second-order valence-corrected chi connectivity index (χ2v) is 4.68. The highest BCUT2D eigenvalue weighted by atomic mass is 35.5. The first-order valence-electron chi connectivity index (χ1n) is 6.09. The number of halogens is 1. The second-order valence-electron chi connectivity index (χ2n) is 4.68. The number of piperidine rings is 1. The lowest BCUT2D eigenvalue weighted by Crippen LogP contribution is -2.34. The van der Waals surface area contributed by atoms with Crippen LogP contribution >= 0.6 is 12.4 Å². The van der Waals surface area contributed by atoms with Gasteiger partial charge < -0.3 is 10.2 Å². The summed E-state index contributed by atoms with van der Waals surface area (Å²) in [5.74, 6) is 1.57. The zero-order valence-corrected chi connectivity index (χ0v) is 11.5. The van der Waals surface area contributed by atoms with E-state index in [0.29, 0.717) is 11.8 Å². The van der Waals surface area contributed by atoms with Crippen molar-refractivity contribution in [2.24, 2.45) is 11.8 Å². The molecule has 0 spiro atoms. The molecule has 0 aromatic carbocycles. The number of carbonyl (C=O) groups is 1. The van der Waals surface area contributed by atoms with E-state index in [9.17, 15) is 4.79 Å². The van der Waals surface area contributed by atoms with Crippen molar-refractivity contribution < 1.29 is 4.79 Å². The van der Waals surface area contributed by atoms with Gasteiger partial charge in [-0.25, -0.2) is 0 Å². The molecule has 1 saturated heterocycles. The van der Waals surface area contributed by atoms with Crippen LogP contribution in [0, 0.1) is 11.8 Å². The maximum Gasteiger partial charge on any atom is 0.222 e. The van der Waals surface area contributed by atoms with Crippen LogP contribution in [0.4, 0.5) is 0 Å². The van der Waals surface area contributed by atoms with E-state index in [2.05, 4.69) is 12.2 Å². The van der Waals surface area contributed by atoms with Gasteiger partial charge in [0.1, 0.15) is 0 Å². The highest BCUT2D eigenvalue weighted by molar-refractivity contribution is 5.85. The SMILES string of the molecule is CCN(C)C(=O)CC(C)C1CCNCC1.Cl. The van der Waals surface area contributed by atoms with Crippen LogP contribution in [0.25, 0.3) is 0 Å². The summed E-state index contributed by atoms with van der Waals surface area (Å²) in [7, 11) is 1.89. The van der Waals surface area contributed by atoms with Crippen LogP contribution in [0.15, 0.2) is 0 Å². The Morgan fingerprint density at radius 2 is 2.00 bits per heavy atom. The third kappa shape index (κ3) is 4.71. The number of nitrogens with one attached hydrogen (secondary N) is 1. The van der Waals surface area contributed by atoms with E-state index < -0.39 is 0 Å². The predicted octanol–water partition coefficient (Wildman–Crippen LogP) is 1.91. The minimum atomic E-state index is 0. The molecule has 0 aromatic heterocycles. The minimum absolute atomic E-state index is 0. The summed E-state index contributed by atoms with van der Waals surface area (Å²) in [5.41, 5.74) is 0. The molecule has 0 radical (unpaired) electrons. The first-order valence-corrected chi connectivity index (χ1v) is 6.09. The van der Waals surface area contributed by atoms with Crippen molar-refractivity contribution in [3.8, 4) is 0 Å². The van der Waals surface area contributed by atoms with Gasteiger partial charge in [0, 0.05) is 20.0 Å². The maximum absolute atomic E-state index is 11.7. The molecule has 1 atom stereocenters. The molecule has 0 aliphatic carbocycles. The Balaban J connectivity index is 0.00000225. The van der Waals surface area contributed by atoms with Gasteiger partial charge >= 0.3 is 0 Å². The summed E-state index contributed by atoms with van der Waals surface area (Å²) in [5, 5.41) is 3.36. The van der Waals surface area contributed by atoms with Gasteiger partial charge in [-0.15, -0.1) is 12.4 Å². The fraction of sp³-hybridized carbons (Fsp3) is 0.917. The highest BCUT2D eigenvalue weighted by Crippen LogP contribution is 2.24. The summed E-state index contributed by atoms with van der Waals surface area (Å²) >= 11 is 0. The fourth-order valence-corrected chi connectivity index (χ4v) is 2.19. The molecule has 96 valence electrons. The lowest BCUT2D eigenvalue weighted by atomic mass is 9.84. The third-order valence-electron chi connectivity index (χ3n) is 3.59. The minimum Gasteiger partial charge on any atom is -0.346 e. The Morgan fingerprint density at radius 3 is 2.50 bits per heavy atom. The summed E-state index contributed by atoms with van der Waals surface area (Å²) in [6, 6.07) is 0. The first-order chi connectivity index (χ1) is 7.15. The Hall–Kier alpha value is -0.280. The molecule has 0 bridgehead atoms. The van der Waals surface area contributed by atoms with Crippen LogP contribution in [-0.2, 0) is 4.79 Å². The molecule has 16 heavy (non-hydrogen) atoms. The monoisotopic (exact) mass is 248 g/mol. The molecule has 1 fully saturated rings. The molecule has 1 N–H and O–H groups in total. The van der Waals surface area contributed by atoms with Crippen molar-refractivity contribution in [3.05, 3.63) is 0 Å². The van der Waals surface area contributed by atoms with E-state index in [0.717, 1.165) is 32.0 Å². The van der Waals surface area contributed by atoms with E-state index in [1.807, 2.05) is 18.9 Å². The van der Waals surface area contributed by atoms with Gasteiger partial charge in [-0.1, -0.05) is 6.92 Å². The van der Waals surface area contributed by atoms with E-state index in [1.165, 1.54) is 12.8 Å². The van der Waals surface area contributed by atoms with Crippen LogP contribution in [-0.4, -0.2) is 37.5 Å². The van der Waals surface area contributed by atoms with Gasteiger partial charge in [-0.3, -0.25) is 4.79 Å². The number of rotatable bonds is 4. The molecule has 3 nitrogen and oxygen atoms in total. The molecule has 4 heteroatoms. The van der Waals surface area contributed by atoms with Crippen molar-refractivity contribution in [3.63, 3.8) is 0 Å². The van der Waals surface area contributed by atoms with Gasteiger partial charge in [0.2, 0.25) is 5.91 Å². The topological polar surface area (TPSA) is 32.3 Å². The molecule has 1 unspecified atom stereocenters. The smallest absolute Gasteiger partial charge is 0.222 e. The summed E-state index contributed by atoms with van der Waals surface area (Å²) in [6.07, 6.45) is 3.17. The van der Waals surface area contributed by atoms with Gasteiger partial charge in [-0.2, -0.15) is 0 Å². The van der Waals surface area contributed by atoms with Gasteiger partial charge in [0.15, 0.2) is 0 Å². The lowest BCUT2D eigenvalue weighted by Gasteiger charge is -2.28. The van der Waals surface area contributed by atoms with E-state index in [-0.39, 0.29) is 12.4 Å². The number of hydrogen-bond donors (Lipinski definition) is 1. The molecule has 1 aliphatic heterocycles. The lowest BCUT2D eigenvalue weighted by molar-refractivity contribution is -0.131.